The van der Waals surface area contributed by atoms with E-state index < -0.39 is 5.56 Å². The van der Waals surface area contributed by atoms with E-state index in [1.165, 1.54) is 0 Å². The maximum Gasteiger partial charge on any atom is 0.281 e. The second-order valence-corrected chi connectivity index (χ2v) is 6.06. The number of nitrogens with zero attached hydrogens (tertiary/aromatic N) is 4. The number of methoxy groups -OCH3 is 1. The van der Waals surface area contributed by atoms with Crippen molar-refractivity contribution in [2.24, 2.45) is 10.2 Å². The monoisotopic (exact) mass is 374 g/mol. The standard InChI is InChI=1S/C21H18N4O3/c1-14-18(12-22)20(26)25(13-15-7-4-3-5-8-15)21(27)19(14)24-23-16-9-6-10-17(11-16)28-2/h3-11,26H,13H2,1-2H3. The van der Waals surface area contributed by atoms with E-state index in [-0.39, 0.29) is 29.2 Å². The number of aromatic nitrogens is 1. The molecule has 0 radical (unpaired) electrons. The second-order valence-electron chi connectivity index (χ2n) is 6.06. The third-order valence-corrected chi connectivity index (χ3v) is 4.27. The molecule has 3 rings (SSSR count). The predicted molar refractivity (Wildman–Crippen MR) is 105 cm³/mol. The number of rotatable bonds is 5. The van der Waals surface area contributed by atoms with Gasteiger partial charge in [0.25, 0.3) is 5.56 Å². The Kier molecular flexibility index (Phi) is 5.51. The number of nitriles is 1. The first-order valence-electron chi connectivity index (χ1n) is 8.51. The van der Waals surface area contributed by atoms with Crippen molar-refractivity contribution < 1.29 is 9.84 Å². The molecule has 1 heterocycles. The van der Waals surface area contributed by atoms with Gasteiger partial charge in [-0.2, -0.15) is 10.4 Å². The quantitative estimate of drug-likeness (QED) is 0.676. The van der Waals surface area contributed by atoms with Gasteiger partial charge in [-0.15, -0.1) is 5.11 Å². The van der Waals surface area contributed by atoms with E-state index in [9.17, 15) is 15.2 Å². The van der Waals surface area contributed by atoms with Crippen LogP contribution in [0.3, 0.4) is 0 Å². The van der Waals surface area contributed by atoms with Crippen LogP contribution in [0.5, 0.6) is 11.6 Å². The molecule has 1 aromatic heterocycles. The number of hydrogen-bond acceptors (Lipinski definition) is 6. The molecular formula is C21H18N4O3. The molecule has 3 aromatic rings. The van der Waals surface area contributed by atoms with Crippen LogP contribution in [-0.4, -0.2) is 16.8 Å². The zero-order chi connectivity index (χ0) is 20.1. The number of benzene rings is 2. The SMILES string of the molecule is COc1cccc(N=Nc2c(C)c(C#N)c(O)n(Cc3ccccc3)c2=O)c1. The van der Waals surface area contributed by atoms with Crippen molar-refractivity contribution >= 4 is 11.4 Å². The lowest BCUT2D eigenvalue weighted by Gasteiger charge is -2.13. The molecule has 1 N–H and O–H groups in total. The van der Waals surface area contributed by atoms with Gasteiger partial charge < -0.3 is 9.84 Å². The molecule has 0 aliphatic carbocycles. The zero-order valence-corrected chi connectivity index (χ0v) is 15.5. The molecule has 0 unspecified atom stereocenters. The minimum Gasteiger partial charge on any atom is -0.497 e. The van der Waals surface area contributed by atoms with Crippen LogP contribution in [0.1, 0.15) is 16.7 Å². The van der Waals surface area contributed by atoms with Gasteiger partial charge in [0.2, 0.25) is 5.88 Å². The summed E-state index contributed by atoms with van der Waals surface area (Å²) >= 11 is 0. The molecule has 0 saturated heterocycles. The van der Waals surface area contributed by atoms with Gasteiger partial charge in [0.15, 0.2) is 5.69 Å². The van der Waals surface area contributed by atoms with Crippen LogP contribution in [0.25, 0.3) is 0 Å². The second kappa shape index (κ2) is 8.18. The number of pyridine rings is 1. The third kappa shape index (κ3) is 3.76. The molecule has 0 saturated carbocycles. The molecule has 0 spiro atoms. The average Bonchev–Trinajstić information content (AvgIpc) is 2.72. The fourth-order valence-corrected chi connectivity index (χ4v) is 2.75. The van der Waals surface area contributed by atoms with Crippen molar-refractivity contribution in [1.82, 2.24) is 4.57 Å². The van der Waals surface area contributed by atoms with Crippen LogP contribution in [-0.2, 0) is 6.54 Å². The minimum absolute atomic E-state index is 0.00452. The summed E-state index contributed by atoms with van der Waals surface area (Å²) in [7, 11) is 1.54. The van der Waals surface area contributed by atoms with Crippen LogP contribution in [0.4, 0.5) is 11.4 Å². The van der Waals surface area contributed by atoms with E-state index in [4.69, 9.17) is 4.74 Å². The Balaban J connectivity index is 2.10. The molecule has 7 heteroatoms. The topological polar surface area (TPSA) is 100.0 Å². The van der Waals surface area contributed by atoms with E-state index >= 15 is 0 Å². The van der Waals surface area contributed by atoms with Gasteiger partial charge in [-0.3, -0.25) is 9.36 Å². The summed E-state index contributed by atoms with van der Waals surface area (Å²) in [5.41, 5.74) is 1.07. The summed E-state index contributed by atoms with van der Waals surface area (Å²) in [6.07, 6.45) is 0. The first-order valence-corrected chi connectivity index (χ1v) is 8.51. The van der Waals surface area contributed by atoms with Gasteiger partial charge >= 0.3 is 0 Å². The Morgan fingerprint density at radius 2 is 1.89 bits per heavy atom. The first-order chi connectivity index (χ1) is 13.5. The molecule has 0 aliphatic rings. The normalized spacial score (nSPS) is 10.8. The van der Waals surface area contributed by atoms with Gasteiger partial charge in [0, 0.05) is 11.6 Å². The summed E-state index contributed by atoms with van der Waals surface area (Å²) in [5.74, 6) is 0.229. The van der Waals surface area contributed by atoms with E-state index in [1.807, 2.05) is 36.4 Å². The number of azo groups is 1. The highest BCUT2D eigenvalue weighted by molar-refractivity contribution is 5.57. The Bertz CT molecular complexity index is 1130. The van der Waals surface area contributed by atoms with E-state index in [2.05, 4.69) is 10.2 Å². The van der Waals surface area contributed by atoms with Crippen LogP contribution >= 0.6 is 0 Å². The lowest BCUT2D eigenvalue weighted by atomic mass is 10.1. The molecule has 0 atom stereocenters. The molecular weight excluding hydrogens is 356 g/mol. The van der Waals surface area contributed by atoms with E-state index in [0.717, 1.165) is 10.1 Å². The Morgan fingerprint density at radius 3 is 2.57 bits per heavy atom. The summed E-state index contributed by atoms with van der Waals surface area (Å²) in [4.78, 5) is 12.9. The average molecular weight is 374 g/mol. The van der Waals surface area contributed by atoms with Crippen LogP contribution in [0, 0.1) is 18.3 Å². The Morgan fingerprint density at radius 1 is 1.14 bits per heavy atom. The van der Waals surface area contributed by atoms with E-state index in [1.54, 1.807) is 38.3 Å². The molecule has 2 aromatic carbocycles. The maximum atomic E-state index is 12.9. The summed E-state index contributed by atoms with van der Waals surface area (Å²) < 4.78 is 6.27. The first kappa shape index (κ1) is 18.9. The zero-order valence-electron chi connectivity index (χ0n) is 15.5. The van der Waals surface area contributed by atoms with Gasteiger partial charge in [0.1, 0.15) is 17.4 Å². The van der Waals surface area contributed by atoms with Gasteiger partial charge in [-0.25, -0.2) is 0 Å². The smallest absolute Gasteiger partial charge is 0.281 e. The van der Waals surface area contributed by atoms with Crippen LogP contribution in [0.2, 0.25) is 0 Å². The van der Waals surface area contributed by atoms with Crippen molar-refractivity contribution in [3.8, 4) is 17.7 Å². The number of aromatic hydroxyl groups is 1. The molecule has 0 bridgehead atoms. The molecule has 7 nitrogen and oxygen atoms in total. The van der Waals surface area contributed by atoms with Crippen molar-refractivity contribution in [2.45, 2.75) is 13.5 Å². The predicted octanol–water partition coefficient (Wildman–Crippen LogP) is 4.21. The highest BCUT2D eigenvalue weighted by atomic mass is 16.5. The number of ether oxygens (including phenoxy) is 1. The molecule has 28 heavy (non-hydrogen) atoms. The lowest BCUT2D eigenvalue weighted by molar-refractivity contribution is 0.412. The summed E-state index contributed by atoms with van der Waals surface area (Å²) in [6, 6.07) is 18.0. The van der Waals surface area contributed by atoms with Gasteiger partial charge in [0.05, 0.1) is 19.3 Å². The highest BCUT2D eigenvalue weighted by Gasteiger charge is 2.19. The largest absolute Gasteiger partial charge is 0.497 e. The van der Waals surface area contributed by atoms with Crippen molar-refractivity contribution in [2.75, 3.05) is 7.11 Å². The van der Waals surface area contributed by atoms with E-state index in [0.29, 0.717) is 11.4 Å². The maximum absolute atomic E-state index is 12.9. The number of hydrogen-bond donors (Lipinski definition) is 1. The van der Waals surface area contributed by atoms with Gasteiger partial charge in [-0.1, -0.05) is 36.4 Å². The Labute approximate surface area is 161 Å². The third-order valence-electron chi connectivity index (χ3n) is 4.27. The molecule has 0 fully saturated rings. The molecule has 0 aliphatic heterocycles. The highest BCUT2D eigenvalue weighted by Crippen LogP contribution is 2.28. The molecule has 140 valence electrons. The van der Waals surface area contributed by atoms with Crippen molar-refractivity contribution in [3.63, 3.8) is 0 Å². The molecule has 0 amide bonds. The lowest BCUT2D eigenvalue weighted by Crippen LogP contribution is -2.22. The van der Waals surface area contributed by atoms with Gasteiger partial charge in [-0.05, 0) is 24.6 Å². The fraction of sp³-hybridized carbons (Fsp3) is 0.143. The van der Waals surface area contributed by atoms with Crippen molar-refractivity contribution in [3.05, 3.63) is 81.6 Å². The van der Waals surface area contributed by atoms with Crippen LogP contribution < -0.4 is 10.3 Å². The fourth-order valence-electron chi connectivity index (χ4n) is 2.75. The Hall–Kier alpha value is -3.92. The summed E-state index contributed by atoms with van der Waals surface area (Å²) in [6.45, 7) is 1.68. The van der Waals surface area contributed by atoms with Crippen LogP contribution in [0.15, 0.2) is 69.6 Å². The van der Waals surface area contributed by atoms with Crippen molar-refractivity contribution in [1.29, 1.82) is 5.26 Å². The summed E-state index contributed by atoms with van der Waals surface area (Å²) in [5, 5.41) is 28.1. The minimum atomic E-state index is -0.524.